The van der Waals surface area contributed by atoms with Crippen molar-refractivity contribution in [2.75, 3.05) is 19.1 Å². The summed E-state index contributed by atoms with van der Waals surface area (Å²) in [6.07, 6.45) is 3.40. The summed E-state index contributed by atoms with van der Waals surface area (Å²) in [5.41, 5.74) is 7.81. The van der Waals surface area contributed by atoms with Crippen LogP contribution < -0.4 is 11.2 Å². The second kappa shape index (κ2) is 2.85. The van der Waals surface area contributed by atoms with Crippen molar-refractivity contribution in [2.24, 2.45) is 0 Å². The Hall–Kier alpha value is -1.28. The summed E-state index contributed by atoms with van der Waals surface area (Å²) in [4.78, 5) is 4.16. The van der Waals surface area contributed by atoms with E-state index in [1.807, 2.05) is 6.07 Å². The number of anilines is 1. The topological polar surface area (TPSA) is 60.4 Å². The Morgan fingerprint density at radius 3 is 2.79 bits per heavy atom. The number of pyridine rings is 1. The lowest BCUT2D eigenvalue weighted by atomic mass is 10.4. The van der Waals surface area contributed by atoms with Crippen LogP contribution in [0.25, 0.3) is 5.65 Å². The van der Waals surface area contributed by atoms with Crippen molar-refractivity contribution in [1.29, 1.82) is 0 Å². The van der Waals surface area contributed by atoms with Crippen molar-refractivity contribution in [3.8, 4) is 0 Å². The maximum Gasteiger partial charge on any atom is 0.137 e. The molecule has 0 amide bonds. The maximum atomic E-state index is 11.9. The van der Waals surface area contributed by atoms with E-state index in [2.05, 4.69) is 4.98 Å². The molecule has 0 radical (unpaired) electrons. The molecule has 0 bridgehead atoms. The number of nitrogens with two attached hydrogens (primary N) is 1. The van der Waals surface area contributed by atoms with Gasteiger partial charge in [-0.3, -0.25) is 4.40 Å². The Labute approximate surface area is 82.1 Å². The number of hydrogen-bond donors (Lipinski definition) is 1. The molecule has 2 heterocycles. The zero-order valence-electron chi connectivity index (χ0n) is 8.14. The van der Waals surface area contributed by atoms with E-state index in [9.17, 15) is 4.57 Å². The molecule has 5 heteroatoms. The number of rotatable bonds is 1. The Kier molecular flexibility index (Phi) is 1.89. The van der Waals surface area contributed by atoms with E-state index in [4.69, 9.17) is 5.73 Å². The molecule has 2 aromatic heterocycles. The van der Waals surface area contributed by atoms with E-state index >= 15 is 0 Å². The monoisotopic (exact) mass is 209 g/mol. The lowest BCUT2D eigenvalue weighted by molar-refractivity contribution is 0.587. The van der Waals surface area contributed by atoms with E-state index < -0.39 is 7.14 Å². The molecule has 0 aromatic carbocycles. The normalized spacial score (nSPS) is 12.1. The quantitative estimate of drug-likeness (QED) is 0.717. The standard InChI is InChI=1S/C9H12N3OP/c1-14(2,13)9-5-11-8-4-3-7(10)6-12(8)9/h3-6H,10H2,1-2H3. The van der Waals surface area contributed by atoms with Crippen LogP contribution in [0.2, 0.25) is 0 Å². The molecule has 0 aliphatic heterocycles. The zero-order valence-corrected chi connectivity index (χ0v) is 9.03. The van der Waals surface area contributed by atoms with E-state index in [0.29, 0.717) is 5.69 Å². The van der Waals surface area contributed by atoms with E-state index in [1.54, 1.807) is 36.2 Å². The van der Waals surface area contributed by atoms with Gasteiger partial charge in [-0.1, -0.05) is 0 Å². The van der Waals surface area contributed by atoms with Crippen LogP contribution in [0.1, 0.15) is 0 Å². The number of fused-ring (bicyclic) bond motifs is 1. The summed E-state index contributed by atoms with van der Waals surface area (Å²) in [7, 11) is -2.29. The first-order valence-corrected chi connectivity index (χ1v) is 6.87. The van der Waals surface area contributed by atoms with Crippen molar-refractivity contribution in [2.45, 2.75) is 0 Å². The first-order chi connectivity index (χ1) is 6.48. The van der Waals surface area contributed by atoms with Crippen LogP contribution in [0.3, 0.4) is 0 Å². The average molecular weight is 209 g/mol. The van der Waals surface area contributed by atoms with Crippen molar-refractivity contribution < 1.29 is 4.57 Å². The molecular weight excluding hydrogens is 197 g/mol. The molecule has 74 valence electrons. The van der Waals surface area contributed by atoms with Crippen LogP contribution >= 0.6 is 7.14 Å². The molecule has 0 atom stereocenters. The van der Waals surface area contributed by atoms with Gasteiger partial charge < -0.3 is 10.3 Å². The summed E-state index contributed by atoms with van der Waals surface area (Å²) in [6.45, 7) is 3.44. The van der Waals surface area contributed by atoms with Gasteiger partial charge in [-0.05, 0) is 25.5 Å². The van der Waals surface area contributed by atoms with Gasteiger partial charge in [0.1, 0.15) is 18.2 Å². The Morgan fingerprint density at radius 1 is 1.43 bits per heavy atom. The Morgan fingerprint density at radius 2 is 2.14 bits per heavy atom. The van der Waals surface area contributed by atoms with Crippen LogP contribution in [-0.4, -0.2) is 22.7 Å². The van der Waals surface area contributed by atoms with Gasteiger partial charge in [0.05, 0.1) is 6.20 Å². The molecule has 0 aliphatic rings. The molecule has 14 heavy (non-hydrogen) atoms. The molecule has 0 saturated carbocycles. The molecule has 4 nitrogen and oxygen atoms in total. The summed E-state index contributed by atoms with van der Waals surface area (Å²) in [6, 6.07) is 3.59. The van der Waals surface area contributed by atoms with Gasteiger partial charge in [0.15, 0.2) is 0 Å². The third-order valence-corrected chi connectivity index (χ3v) is 3.50. The molecule has 2 rings (SSSR count). The fourth-order valence-corrected chi connectivity index (χ4v) is 2.40. The highest BCUT2D eigenvalue weighted by molar-refractivity contribution is 7.69. The van der Waals surface area contributed by atoms with E-state index in [-0.39, 0.29) is 0 Å². The van der Waals surface area contributed by atoms with Gasteiger partial charge in [0, 0.05) is 11.9 Å². The van der Waals surface area contributed by atoms with Crippen LogP contribution in [0.4, 0.5) is 5.69 Å². The minimum Gasteiger partial charge on any atom is -0.398 e. The number of hydrogen-bond acceptors (Lipinski definition) is 3. The molecule has 0 unspecified atom stereocenters. The maximum absolute atomic E-state index is 11.9. The Bertz CT molecular complexity index is 526. The highest BCUT2D eigenvalue weighted by Gasteiger charge is 2.16. The summed E-state index contributed by atoms with van der Waals surface area (Å²) in [5.74, 6) is 0. The Balaban J connectivity index is 2.80. The molecule has 0 saturated heterocycles. The molecule has 2 N–H and O–H groups in total. The highest BCUT2D eigenvalue weighted by atomic mass is 31.2. The van der Waals surface area contributed by atoms with Gasteiger partial charge in [-0.15, -0.1) is 0 Å². The number of nitrogens with zero attached hydrogens (tertiary/aromatic N) is 2. The van der Waals surface area contributed by atoms with E-state index in [0.717, 1.165) is 11.1 Å². The second-order valence-corrected chi connectivity index (χ2v) is 6.82. The number of imidazole rings is 1. The number of aromatic nitrogens is 2. The predicted molar refractivity (Wildman–Crippen MR) is 58.7 cm³/mol. The van der Waals surface area contributed by atoms with Gasteiger partial charge in [0.25, 0.3) is 0 Å². The zero-order chi connectivity index (χ0) is 10.3. The first kappa shape index (κ1) is 9.28. The van der Waals surface area contributed by atoms with Gasteiger partial charge in [0.2, 0.25) is 0 Å². The molecule has 2 aromatic rings. The van der Waals surface area contributed by atoms with E-state index in [1.165, 1.54) is 0 Å². The lowest BCUT2D eigenvalue weighted by Gasteiger charge is -2.06. The summed E-state index contributed by atoms with van der Waals surface area (Å²) in [5, 5.41) is 0. The van der Waals surface area contributed by atoms with Crippen LogP contribution in [0, 0.1) is 0 Å². The highest BCUT2D eigenvalue weighted by Crippen LogP contribution is 2.34. The molecular formula is C9H12N3OP. The summed E-state index contributed by atoms with van der Waals surface area (Å²) < 4.78 is 13.7. The number of nitrogen functional groups attached to an aromatic ring is 1. The summed E-state index contributed by atoms with van der Waals surface area (Å²) >= 11 is 0. The van der Waals surface area contributed by atoms with Crippen molar-refractivity contribution >= 4 is 23.9 Å². The third-order valence-electron chi connectivity index (χ3n) is 2.06. The minimum atomic E-state index is -2.29. The van der Waals surface area contributed by atoms with Crippen LogP contribution in [0.15, 0.2) is 24.5 Å². The van der Waals surface area contributed by atoms with Crippen LogP contribution in [0.5, 0.6) is 0 Å². The van der Waals surface area contributed by atoms with Gasteiger partial charge in [-0.2, -0.15) is 0 Å². The largest absolute Gasteiger partial charge is 0.398 e. The predicted octanol–water partition coefficient (Wildman–Crippen LogP) is 1.16. The first-order valence-electron chi connectivity index (χ1n) is 4.26. The lowest BCUT2D eigenvalue weighted by Crippen LogP contribution is -2.09. The average Bonchev–Trinajstić information content (AvgIpc) is 2.45. The molecule has 0 spiro atoms. The second-order valence-electron chi connectivity index (χ2n) is 3.66. The minimum absolute atomic E-state index is 0.644. The smallest absolute Gasteiger partial charge is 0.137 e. The third kappa shape index (κ3) is 1.42. The molecule has 0 aliphatic carbocycles. The fraction of sp³-hybridized carbons (Fsp3) is 0.222. The van der Waals surface area contributed by atoms with Crippen LogP contribution in [-0.2, 0) is 4.57 Å². The van der Waals surface area contributed by atoms with Crippen molar-refractivity contribution in [3.05, 3.63) is 24.5 Å². The molecule has 0 fully saturated rings. The SMILES string of the molecule is CP(C)(=O)c1cnc2ccc(N)cn12. The van der Waals surface area contributed by atoms with Gasteiger partial charge >= 0.3 is 0 Å². The van der Waals surface area contributed by atoms with Gasteiger partial charge in [-0.25, -0.2) is 4.98 Å². The fourth-order valence-electron chi connectivity index (χ4n) is 1.38. The van der Waals surface area contributed by atoms with Crippen molar-refractivity contribution in [3.63, 3.8) is 0 Å². The van der Waals surface area contributed by atoms with Crippen molar-refractivity contribution in [1.82, 2.24) is 9.38 Å².